The molecular weight excluding hydrogens is 236 g/mol. The summed E-state index contributed by atoms with van der Waals surface area (Å²) in [5.41, 5.74) is 6.40. The fraction of sp³-hybridized carbons (Fsp3) is 0.462. The minimum absolute atomic E-state index is 0.0463. The van der Waals surface area contributed by atoms with Crippen molar-refractivity contribution in [2.75, 3.05) is 0 Å². The normalized spacial score (nSPS) is 18.0. The third-order valence-corrected chi connectivity index (χ3v) is 3.53. The van der Waals surface area contributed by atoms with Crippen LogP contribution in [0.25, 0.3) is 0 Å². The lowest BCUT2D eigenvalue weighted by molar-refractivity contribution is -0.126. The Morgan fingerprint density at radius 3 is 2.76 bits per heavy atom. The molecule has 17 heavy (non-hydrogen) atoms. The molecule has 0 aliphatic heterocycles. The van der Waals surface area contributed by atoms with Crippen LogP contribution in [0.4, 0.5) is 0 Å². The van der Waals surface area contributed by atoms with E-state index < -0.39 is 5.54 Å². The second kappa shape index (κ2) is 5.07. The molecule has 3 nitrogen and oxygen atoms in total. The van der Waals surface area contributed by atoms with E-state index in [0.717, 1.165) is 31.2 Å². The number of hydrogen-bond acceptors (Lipinski definition) is 2. The van der Waals surface area contributed by atoms with E-state index in [1.807, 2.05) is 24.3 Å². The van der Waals surface area contributed by atoms with E-state index in [9.17, 15) is 4.79 Å². The SMILES string of the molecule is NC1(C(=O)NCc2cccc(Cl)c2)CCCC1. The van der Waals surface area contributed by atoms with Crippen LogP contribution in [-0.4, -0.2) is 11.4 Å². The van der Waals surface area contributed by atoms with Crippen molar-refractivity contribution < 1.29 is 4.79 Å². The number of amides is 1. The standard InChI is InChI=1S/C13H17ClN2O/c14-11-5-3-4-10(8-11)9-16-12(17)13(15)6-1-2-7-13/h3-5,8H,1-2,6-7,9,15H2,(H,16,17). The lowest BCUT2D eigenvalue weighted by Crippen LogP contribution is -2.51. The minimum atomic E-state index is -0.654. The van der Waals surface area contributed by atoms with Gasteiger partial charge in [-0.05, 0) is 30.5 Å². The fourth-order valence-electron chi connectivity index (χ4n) is 2.24. The highest BCUT2D eigenvalue weighted by Crippen LogP contribution is 2.27. The summed E-state index contributed by atoms with van der Waals surface area (Å²) < 4.78 is 0. The van der Waals surface area contributed by atoms with Crippen LogP contribution < -0.4 is 11.1 Å². The lowest BCUT2D eigenvalue weighted by atomic mass is 9.98. The monoisotopic (exact) mass is 252 g/mol. The first-order valence-corrected chi connectivity index (χ1v) is 6.30. The topological polar surface area (TPSA) is 55.1 Å². The zero-order chi connectivity index (χ0) is 12.3. The quantitative estimate of drug-likeness (QED) is 0.867. The predicted molar refractivity (Wildman–Crippen MR) is 68.7 cm³/mol. The summed E-state index contributed by atoms with van der Waals surface area (Å²) in [7, 11) is 0. The van der Waals surface area contributed by atoms with Crippen molar-refractivity contribution in [3.05, 3.63) is 34.9 Å². The molecule has 3 N–H and O–H groups in total. The van der Waals surface area contributed by atoms with E-state index in [0.29, 0.717) is 11.6 Å². The number of hydrogen-bond donors (Lipinski definition) is 2. The number of nitrogens with two attached hydrogens (primary N) is 1. The van der Waals surface area contributed by atoms with Crippen molar-refractivity contribution in [2.45, 2.75) is 37.8 Å². The van der Waals surface area contributed by atoms with Gasteiger partial charge >= 0.3 is 0 Å². The van der Waals surface area contributed by atoms with Crippen molar-refractivity contribution in [3.63, 3.8) is 0 Å². The van der Waals surface area contributed by atoms with Crippen molar-refractivity contribution in [1.29, 1.82) is 0 Å². The summed E-state index contributed by atoms with van der Waals surface area (Å²) in [4.78, 5) is 12.0. The largest absolute Gasteiger partial charge is 0.350 e. The van der Waals surface area contributed by atoms with Gasteiger partial charge in [0.15, 0.2) is 0 Å². The van der Waals surface area contributed by atoms with E-state index in [1.165, 1.54) is 0 Å². The first kappa shape index (κ1) is 12.4. The van der Waals surface area contributed by atoms with Crippen LogP contribution in [0.5, 0.6) is 0 Å². The Morgan fingerprint density at radius 2 is 2.12 bits per heavy atom. The molecule has 0 saturated heterocycles. The first-order chi connectivity index (χ1) is 8.10. The van der Waals surface area contributed by atoms with Gasteiger partial charge in [-0.3, -0.25) is 4.79 Å². The molecule has 2 rings (SSSR count). The zero-order valence-corrected chi connectivity index (χ0v) is 10.5. The fourth-order valence-corrected chi connectivity index (χ4v) is 2.45. The summed E-state index contributed by atoms with van der Waals surface area (Å²) in [6.07, 6.45) is 3.66. The Hall–Kier alpha value is -1.06. The third-order valence-electron chi connectivity index (χ3n) is 3.29. The zero-order valence-electron chi connectivity index (χ0n) is 9.71. The molecule has 0 heterocycles. The molecule has 0 aromatic heterocycles. The Bertz CT molecular complexity index is 414. The van der Waals surface area contributed by atoms with Crippen LogP contribution in [-0.2, 0) is 11.3 Å². The lowest BCUT2D eigenvalue weighted by Gasteiger charge is -2.22. The van der Waals surface area contributed by atoms with Gasteiger partial charge in [0.25, 0.3) is 0 Å². The molecule has 0 radical (unpaired) electrons. The van der Waals surface area contributed by atoms with E-state index in [1.54, 1.807) is 0 Å². The van der Waals surface area contributed by atoms with Gasteiger partial charge in [0.05, 0.1) is 5.54 Å². The van der Waals surface area contributed by atoms with Crippen molar-refractivity contribution >= 4 is 17.5 Å². The Labute approximate surface area is 106 Å². The highest BCUT2D eigenvalue weighted by atomic mass is 35.5. The summed E-state index contributed by atoms with van der Waals surface area (Å²) in [6, 6.07) is 7.47. The Kier molecular flexibility index (Phi) is 3.69. The molecule has 4 heteroatoms. The maximum absolute atomic E-state index is 12.0. The van der Waals surface area contributed by atoms with E-state index in [4.69, 9.17) is 17.3 Å². The van der Waals surface area contributed by atoms with Crippen LogP contribution in [0.15, 0.2) is 24.3 Å². The number of rotatable bonds is 3. The second-order valence-electron chi connectivity index (χ2n) is 4.68. The Balaban J connectivity index is 1.92. The minimum Gasteiger partial charge on any atom is -0.350 e. The number of nitrogens with one attached hydrogen (secondary N) is 1. The van der Waals surface area contributed by atoms with Gasteiger partial charge in [0, 0.05) is 11.6 Å². The molecule has 1 aromatic rings. The molecule has 0 bridgehead atoms. The van der Waals surface area contributed by atoms with Gasteiger partial charge in [0.1, 0.15) is 0 Å². The van der Waals surface area contributed by atoms with Crippen LogP contribution in [0.1, 0.15) is 31.2 Å². The molecule has 0 atom stereocenters. The van der Waals surface area contributed by atoms with Crippen LogP contribution in [0.2, 0.25) is 5.02 Å². The molecule has 1 saturated carbocycles. The van der Waals surface area contributed by atoms with E-state index >= 15 is 0 Å². The molecule has 0 unspecified atom stereocenters. The number of carbonyl (C=O) groups is 1. The van der Waals surface area contributed by atoms with Crippen LogP contribution in [0, 0.1) is 0 Å². The Morgan fingerprint density at radius 1 is 1.41 bits per heavy atom. The summed E-state index contributed by atoms with van der Waals surface area (Å²) in [5.74, 6) is -0.0463. The van der Waals surface area contributed by atoms with Crippen LogP contribution >= 0.6 is 11.6 Å². The molecule has 1 fully saturated rings. The molecular formula is C13H17ClN2O. The smallest absolute Gasteiger partial charge is 0.240 e. The summed E-state index contributed by atoms with van der Waals surface area (Å²) in [5, 5.41) is 3.57. The van der Waals surface area contributed by atoms with E-state index in [2.05, 4.69) is 5.32 Å². The molecule has 0 spiro atoms. The maximum Gasteiger partial charge on any atom is 0.240 e. The van der Waals surface area contributed by atoms with Gasteiger partial charge in [0.2, 0.25) is 5.91 Å². The molecule has 1 aromatic carbocycles. The molecule has 1 aliphatic carbocycles. The third kappa shape index (κ3) is 2.99. The molecule has 92 valence electrons. The number of halogens is 1. The highest BCUT2D eigenvalue weighted by Gasteiger charge is 2.36. The van der Waals surface area contributed by atoms with Crippen molar-refractivity contribution in [1.82, 2.24) is 5.32 Å². The summed E-state index contributed by atoms with van der Waals surface area (Å²) >= 11 is 5.88. The maximum atomic E-state index is 12.0. The average Bonchev–Trinajstić information content (AvgIpc) is 2.74. The molecule has 1 aliphatic rings. The van der Waals surface area contributed by atoms with Gasteiger partial charge in [-0.2, -0.15) is 0 Å². The van der Waals surface area contributed by atoms with Gasteiger partial charge in [-0.25, -0.2) is 0 Å². The van der Waals surface area contributed by atoms with Gasteiger partial charge in [-0.15, -0.1) is 0 Å². The molecule has 1 amide bonds. The predicted octanol–water partition coefficient (Wildman–Crippen LogP) is 2.23. The van der Waals surface area contributed by atoms with Crippen LogP contribution in [0.3, 0.4) is 0 Å². The average molecular weight is 253 g/mol. The second-order valence-corrected chi connectivity index (χ2v) is 5.11. The highest BCUT2D eigenvalue weighted by molar-refractivity contribution is 6.30. The first-order valence-electron chi connectivity index (χ1n) is 5.92. The number of benzene rings is 1. The summed E-state index contributed by atoms with van der Waals surface area (Å²) in [6.45, 7) is 0.484. The van der Waals surface area contributed by atoms with Gasteiger partial charge < -0.3 is 11.1 Å². The number of carbonyl (C=O) groups excluding carboxylic acids is 1. The van der Waals surface area contributed by atoms with E-state index in [-0.39, 0.29) is 5.91 Å². The van der Waals surface area contributed by atoms with Crippen molar-refractivity contribution in [3.8, 4) is 0 Å². The van der Waals surface area contributed by atoms with Crippen molar-refractivity contribution in [2.24, 2.45) is 5.73 Å². The van der Waals surface area contributed by atoms with Gasteiger partial charge in [-0.1, -0.05) is 36.6 Å².